The largest absolute Gasteiger partial charge is 0.354 e. The number of carbonyl (C=O) groups is 1. The van der Waals surface area contributed by atoms with Crippen LogP contribution in [0.15, 0.2) is 41.3 Å². The number of aromatic nitrogens is 2. The molecule has 2 fully saturated rings. The van der Waals surface area contributed by atoms with E-state index >= 15 is 0 Å². The molecule has 4 rings (SSSR count). The average Bonchev–Trinajstić information content (AvgIpc) is 3.17. The molecule has 0 spiro atoms. The van der Waals surface area contributed by atoms with E-state index in [0.717, 1.165) is 44.6 Å². The predicted molar refractivity (Wildman–Crippen MR) is 123 cm³/mol. The number of amides is 2. The van der Waals surface area contributed by atoms with Crippen molar-refractivity contribution in [1.82, 2.24) is 19.4 Å². The Morgan fingerprint density at radius 2 is 1.71 bits per heavy atom. The van der Waals surface area contributed by atoms with Gasteiger partial charge < -0.3 is 16.4 Å². The van der Waals surface area contributed by atoms with E-state index in [2.05, 4.69) is 15.2 Å². The Hall–Kier alpha value is -2.46. The summed E-state index contributed by atoms with van der Waals surface area (Å²) in [6, 6.07) is 9.56. The first-order valence-electron chi connectivity index (χ1n) is 10.5. The van der Waals surface area contributed by atoms with Crippen molar-refractivity contribution in [3.63, 3.8) is 0 Å². The predicted octanol–water partition coefficient (Wildman–Crippen LogP) is 1.14. The van der Waals surface area contributed by atoms with Gasteiger partial charge in [0, 0.05) is 37.9 Å². The van der Waals surface area contributed by atoms with Gasteiger partial charge in [0.25, 0.3) is 0 Å². The topological polar surface area (TPSA) is 123 Å². The minimum absolute atomic E-state index is 0. The normalized spacial score (nSPS) is 19.8. The molecule has 1 atom stereocenters. The van der Waals surface area contributed by atoms with Crippen molar-refractivity contribution < 1.29 is 4.79 Å². The van der Waals surface area contributed by atoms with E-state index < -0.39 is 5.69 Å². The average molecular weight is 448 g/mol. The van der Waals surface area contributed by atoms with Crippen LogP contribution >= 0.6 is 12.4 Å². The summed E-state index contributed by atoms with van der Waals surface area (Å²) in [6.45, 7) is 4.04. The van der Waals surface area contributed by atoms with Gasteiger partial charge in [-0.05, 0) is 56.1 Å². The van der Waals surface area contributed by atoms with Crippen LogP contribution in [-0.4, -0.2) is 63.6 Å². The first-order chi connectivity index (χ1) is 14.5. The maximum atomic E-state index is 12.5. The molecule has 9 nitrogen and oxygen atoms in total. The number of urea groups is 1. The zero-order valence-electron chi connectivity index (χ0n) is 17.4. The van der Waals surface area contributed by atoms with Gasteiger partial charge in [-0.3, -0.25) is 14.8 Å². The number of halogens is 1. The first-order valence-corrected chi connectivity index (χ1v) is 10.5. The Balaban J connectivity index is 0.00000272. The van der Waals surface area contributed by atoms with Crippen molar-refractivity contribution in [2.75, 3.05) is 31.5 Å². The summed E-state index contributed by atoms with van der Waals surface area (Å²) in [5.41, 5.74) is 13.3. The van der Waals surface area contributed by atoms with Crippen LogP contribution in [-0.2, 0) is 6.54 Å². The molecule has 2 aliphatic heterocycles. The monoisotopic (exact) mass is 447 g/mol. The molecule has 0 radical (unpaired) electrons. The van der Waals surface area contributed by atoms with Crippen LogP contribution in [0, 0.1) is 0 Å². The lowest BCUT2D eigenvalue weighted by atomic mass is 10.1. The van der Waals surface area contributed by atoms with Gasteiger partial charge in [-0.15, -0.1) is 12.4 Å². The highest BCUT2D eigenvalue weighted by atomic mass is 35.5. The molecule has 0 aliphatic carbocycles. The second-order valence-corrected chi connectivity index (χ2v) is 8.17. The number of hydrogen-bond donors (Lipinski definition) is 3. The van der Waals surface area contributed by atoms with E-state index in [0.29, 0.717) is 19.1 Å². The summed E-state index contributed by atoms with van der Waals surface area (Å²) >= 11 is 0. The minimum atomic E-state index is -0.441. The molecule has 2 aliphatic rings. The maximum Gasteiger partial charge on any atom is 0.354 e. The Labute approximate surface area is 187 Å². The molecule has 0 saturated carbocycles. The Morgan fingerprint density at radius 3 is 2.32 bits per heavy atom. The lowest BCUT2D eigenvalue weighted by molar-refractivity contribution is 0.205. The molecule has 1 unspecified atom stereocenters. The first kappa shape index (κ1) is 23.2. The number of anilines is 1. The van der Waals surface area contributed by atoms with Crippen molar-refractivity contribution in [2.45, 2.75) is 37.9 Å². The van der Waals surface area contributed by atoms with Crippen LogP contribution in [0.2, 0.25) is 0 Å². The lowest BCUT2D eigenvalue weighted by Crippen LogP contribution is -2.39. The molecule has 1 aromatic heterocycles. The summed E-state index contributed by atoms with van der Waals surface area (Å²) in [7, 11) is 0. The minimum Gasteiger partial charge on any atom is -0.328 e. The van der Waals surface area contributed by atoms with Gasteiger partial charge in [0.05, 0.1) is 5.69 Å². The maximum absolute atomic E-state index is 12.5. The van der Waals surface area contributed by atoms with Crippen molar-refractivity contribution in [1.29, 1.82) is 0 Å². The van der Waals surface area contributed by atoms with Gasteiger partial charge in [-0.25, -0.2) is 9.59 Å². The summed E-state index contributed by atoms with van der Waals surface area (Å²) in [6.07, 6.45) is 4.48. The third kappa shape index (κ3) is 5.82. The molecule has 3 heterocycles. The SMILES string of the molecule is Cl.NC1CCN(Cc2ccc(-n3ccc(NC(=O)N4CCC(N)C4)nc3=O)cc2)CC1. The highest BCUT2D eigenvalue weighted by molar-refractivity contribution is 5.88. The molecule has 0 bridgehead atoms. The van der Waals surface area contributed by atoms with Crippen LogP contribution < -0.4 is 22.5 Å². The van der Waals surface area contributed by atoms with E-state index in [4.69, 9.17) is 11.5 Å². The van der Waals surface area contributed by atoms with E-state index in [9.17, 15) is 9.59 Å². The van der Waals surface area contributed by atoms with Crippen molar-refractivity contribution in [3.05, 3.63) is 52.6 Å². The Kier molecular flexibility index (Phi) is 7.66. The number of nitrogens with two attached hydrogens (primary N) is 2. The zero-order valence-corrected chi connectivity index (χ0v) is 18.3. The third-order valence-electron chi connectivity index (χ3n) is 5.80. The molecular weight excluding hydrogens is 418 g/mol. The van der Waals surface area contributed by atoms with E-state index in [1.54, 1.807) is 17.2 Å². The van der Waals surface area contributed by atoms with E-state index in [-0.39, 0.29) is 30.3 Å². The van der Waals surface area contributed by atoms with E-state index in [1.165, 1.54) is 10.1 Å². The molecule has 2 aromatic rings. The van der Waals surface area contributed by atoms with Gasteiger partial charge in [-0.1, -0.05) is 12.1 Å². The summed E-state index contributed by atoms with van der Waals surface area (Å²) in [4.78, 5) is 32.8. The fourth-order valence-corrected chi connectivity index (χ4v) is 3.96. The summed E-state index contributed by atoms with van der Waals surface area (Å²) in [5.74, 6) is 0.238. The van der Waals surface area contributed by atoms with Crippen molar-refractivity contribution in [2.24, 2.45) is 11.5 Å². The fourth-order valence-electron chi connectivity index (χ4n) is 3.96. The van der Waals surface area contributed by atoms with Crippen LogP contribution in [0.3, 0.4) is 0 Å². The van der Waals surface area contributed by atoms with Gasteiger partial charge >= 0.3 is 11.7 Å². The second-order valence-electron chi connectivity index (χ2n) is 8.17. The van der Waals surface area contributed by atoms with Gasteiger partial charge in [-0.2, -0.15) is 4.98 Å². The third-order valence-corrected chi connectivity index (χ3v) is 5.80. The standard InChI is InChI=1S/C21H29N7O2.ClH/c22-16-5-9-26(10-6-16)13-15-1-3-18(4-2-15)28-12-8-19(25-21(28)30)24-20(29)27-11-7-17(23)14-27;/h1-4,8,12,16-17H,5-7,9-11,13-14,22-23H2,(H,24,25,29,30);1H. The number of carbonyl (C=O) groups excluding carboxylic acids is 1. The molecular formula is C21H30ClN7O2. The molecule has 10 heteroatoms. The molecule has 2 saturated heterocycles. The van der Waals surface area contributed by atoms with Crippen LogP contribution in [0.4, 0.5) is 10.6 Å². The molecule has 5 N–H and O–H groups in total. The Morgan fingerprint density at radius 1 is 1.03 bits per heavy atom. The highest BCUT2D eigenvalue weighted by Gasteiger charge is 2.24. The van der Waals surface area contributed by atoms with Gasteiger partial charge in [0.1, 0.15) is 5.82 Å². The fraction of sp³-hybridized carbons (Fsp3) is 0.476. The number of likely N-dealkylation sites (tertiary alicyclic amines) is 2. The van der Waals surface area contributed by atoms with Gasteiger partial charge in [0.2, 0.25) is 0 Å². The van der Waals surface area contributed by atoms with Crippen LogP contribution in [0.25, 0.3) is 5.69 Å². The zero-order chi connectivity index (χ0) is 21.1. The molecule has 31 heavy (non-hydrogen) atoms. The number of piperidine rings is 1. The van der Waals surface area contributed by atoms with Crippen LogP contribution in [0.1, 0.15) is 24.8 Å². The van der Waals surface area contributed by atoms with Crippen LogP contribution in [0.5, 0.6) is 0 Å². The van der Waals surface area contributed by atoms with E-state index in [1.807, 2.05) is 24.3 Å². The number of nitrogens with one attached hydrogen (secondary N) is 1. The number of rotatable bonds is 4. The molecule has 168 valence electrons. The smallest absolute Gasteiger partial charge is 0.328 e. The molecule has 2 amide bonds. The lowest BCUT2D eigenvalue weighted by Gasteiger charge is -2.30. The van der Waals surface area contributed by atoms with Crippen molar-refractivity contribution >= 4 is 24.3 Å². The number of benzene rings is 1. The second kappa shape index (κ2) is 10.2. The van der Waals surface area contributed by atoms with Gasteiger partial charge in [0.15, 0.2) is 0 Å². The summed E-state index contributed by atoms with van der Waals surface area (Å²) in [5, 5.41) is 2.67. The summed E-state index contributed by atoms with van der Waals surface area (Å²) < 4.78 is 1.46. The molecule has 1 aromatic carbocycles. The Bertz CT molecular complexity index is 941. The number of nitrogens with zero attached hydrogens (tertiary/aromatic N) is 4. The number of hydrogen-bond acceptors (Lipinski definition) is 6. The quantitative estimate of drug-likeness (QED) is 0.646. The highest BCUT2D eigenvalue weighted by Crippen LogP contribution is 2.15. The van der Waals surface area contributed by atoms with Crippen molar-refractivity contribution in [3.8, 4) is 5.69 Å².